The van der Waals surface area contributed by atoms with Crippen molar-refractivity contribution >= 4 is 17.9 Å². The summed E-state index contributed by atoms with van der Waals surface area (Å²) in [6.45, 7) is 20.6. The van der Waals surface area contributed by atoms with Crippen molar-refractivity contribution in [3.05, 3.63) is 0 Å². The van der Waals surface area contributed by atoms with E-state index in [4.69, 9.17) is 14.2 Å². The predicted molar refractivity (Wildman–Crippen MR) is 127 cm³/mol. The quantitative estimate of drug-likeness (QED) is 0.426. The molecule has 0 unspecified atom stereocenters. The summed E-state index contributed by atoms with van der Waals surface area (Å²) in [7, 11) is 0. The Bertz CT molecular complexity index is 558. The van der Waals surface area contributed by atoms with Crippen molar-refractivity contribution in [1.29, 1.82) is 0 Å². The zero-order valence-corrected chi connectivity index (χ0v) is 22.2. The first-order valence-corrected chi connectivity index (χ1v) is 11.7. The van der Waals surface area contributed by atoms with Gasteiger partial charge in [-0.3, -0.25) is 29.1 Å². The van der Waals surface area contributed by atoms with Crippen molar-refractivity contribution in [2.75, 3.05) is 58.9 Å². The average molecular weight is 472 g/mol. The van der Waals surface area contributed by atoms with Gasteiger partial charge in [0.05, 0.1) is 19.6 Å². The van der Waals surface area contributed by atoms with Crippen LogP contribution in [0.5, 0.6) is 0 Å². The molecule has 0 aromatic rings. The third-order valence-electron chi connectivity index (χ3n) is 4.52. The maximum atomic E-state index is 12.4. The molecule has 0 N–H and O–H groups in total. The molecular formula is C24H45N3O6. The number of nitrogens with zero attached hydrogens (tertiary/aromatic N) is 3. The van der Waals surface area contributed by atoms with E-state index in [1.165, 1.54) is 0 Å². The van der Waals surface area contributed by atoms with Crippen LogP contribution in [0.25, 0.3) is 0 Å². The molecule has 9 heteroatoms. The van der Waals surface area contributed by atoms with Crippen LogP contribution in [0.4, 0.5) is 0 Å². The Morgan fingerprint density at radius 2 is 0.667 bits per heavy atom. The summed E-state index contributed by atoms with van der Waals surface area (Å²) >= 11 is 0. The lowest BCUT2D eigenvalue weighted by Gasteiger charge is -2.27. The average Bonchev–Trinajstić information content (AvgIpc) is 2.63. The lowest BCUT2D eigenvalue weighted by Crippen LogP contribution is -2.42. The van der Waals surface area contributed by atoms with E-state index in [9.17, 15) is 14.4 Å². The van der Waals surface area contributed by atoms with Gasteiger partial charge in [-0.25, -0.2) is 0 Å². The summed E-state index contributed by atoms with van der Waals surface area (Å²) in [5, 5.41) is 0. The highest BCUT2D eigenvalue weighted by Gasteiger charge is 2.25. The van der Waals surface area contributed by atoms with E-state index < -0.39 is 16.8 Å². The van der Waals surface area contributed by atoms with E-state index in [0.717, 1.165) is 0 Å². The molecule has 0 aromatic heterocycles. The summed E-state index contributed by atoms with van der Waals surface area (Å²) in [5.41, 5.74) is -1.66. The highest BCUT2D eigenvalue weighted by Crippen LogP contribution is 2.11. The third kappa shape index (κ3) is 14.9. The molecule has 0 amide bonds. The molecule has 1 heterocycles. The lowest BCUT2D eigenvalue weighted by atomic mass is 10.2. The second-order valence-electron chi connectivity index (χ2n) is 11.6. The Hall–Kier alpha value is -1.71. The number of esters is 3. The molecule has 1 aliphatic rings. The molecule has 0 radical (unpaired) electrons. The number of carbonyl (C=O) groups is 3. The van der Waals surface area contributed by atoms with E-state index in [0.29, 0.717) is 39.3 Å². The molecule has 0 bridgehead atoms. The first kappa shape index (κ1) is 29.3. The van der Waals surface area contributed by atoms with E-state index in [2.05, 4.69) is 0 Å². The molecule has 1 saturated heterocycles. The fraction of sp³-hybridized carbons (Fsp3) is 0.875. The monoisotopic (exact) mass is 471 g/mol. The van der Waals surface area contributed by atoms with Gasteiger partial charge >= 0.3 is 17.9 Å². The summed E-state index contributed by atoms with van der Waals surface area (Å²) in [6, 6.07) is 0. The normalized spacial score (nSPS) is 18.1. The van der Waals surface area contributed by atoms with Gasteiger partial charge in [-0.2, -0.15) is 0 Å². The minimum atomic E-state index is -0.553. The molecule has 0 saturated carbocycles. The Morgan fingerprint density at radius 1 is 0.485 bits per heavy atom. The van der Waals surface area contributed by atoms with Crippen LogP contribution < -0.4 is 0 Å². The van der Waals surface area contributed by atoms with Gasteiger partial charge in [-0.05, 0) is 62.3 Å². The number of ether oxygens (including phenoxy) is 3. The second kappa shape index (κ2) is 12.1. The molecule has 0 aromatic carbocycles. The van der Waals surface area contributed by atoms with E-state index in [-0.39, 0.29) is 37.5 Å². The lowest BCUT2D eigenvalue weighted by molar-refractivity contribution is -0.158. The van der Waals surface area contributed by atoms with Crippen LogP contribution in [0, 0.1) is 0 Å². The van der Waals surface area contributed by atoms with Crippen LogP contribution in [0.1, 0.15) is 62.3 Å². The first-order valence-electron chi connectivity index (χ1n) is 11.7. The third-order valence-corrected chi connectivity index (χ3v) is 4.52. The summed E-state index contributed by atoms with van der Waals surface area (Å²) in [5.74, 6) is -0.877. The van der Waals surface area contributed by atoms with Crippen molar-refractivity contribution in [3.63, 3.8) is 0 Å². The summed E-state index contributed by atoms with van der Waals surface area (Å²) in [6.07, 6.45) is 0. The van der Waals surface area contributed by atoms with Crippen LogP contribution in [-0.4, -0.2) is 108 Å². The Morgan fingerprint density at radius 3 is 0.818 bits per heavy atom. The van der Waals surface area contributed by atoms with Crippen LogP contribution in [0.2, 0.25) is 0 Å². The highest BCUT2D eigenvalue weighted by molar-refractivity contribution is 5.73. The van der Waals surface area contributed by atoms with Gasteiger partial charge in [0.1, 0.15) is 16.8 Å². The fourth-order valence-electron chi connectivity index (χ4n) is 3.33. The van der Waals surface area contributed by atoms with Gasteiger partial charge in [0.2, 0.25) is 0 Å². The van der Waals surface area contributed by atoms with E-state index in [1.54, 1.807) is 0 Å². The number of carbonyl (C=O) groups excluding carboxylic acids is 3. The molecule has 1 fully saturated rings. The van der Waals surface area contributed by atoms with Crippen molar-refractivity contribution in [2.24, 2.45) is 0 Å². The van der Waals surface area contributed by atoms with Gasteiger partial charge in [0, 0.05) is 39.3 Å². The van der Waals surface area contributed by atoms with Crippen LogP contribution in [0.3, 0.4) is 0 Å². The SMILES string of the molecule is CC(C)(C)OC(=O)CN1CCN(CC(=O)OC(C)(C)C)CCN(CC(=O)OC(C)(C)C)CC1. The smallest absolute Gasteiger partial charge is 0.320 e. The maximum Gasteiger partial charge on any atom is 0.320 e. The molecule has 9 nitrogen and oxygen atoms in total. The number of rotatable bonds is 6. The minimum Gasteiger partial charge on any atom is -0.459 e. The topological polar surface area (TPSA) is 88.6 Å². The molecule has 0 spiro atoms. The zero-order valence-electron chi connectivity index (χ0n) is 22.2. The van der Waals surface area contributed by atoms with Crippen LogP contribution >= 0.6 is 0 Å². The van der Waals surface area contributed by atoms with Crippen molar-refractivity contribution < 1.29 is 28.6 Å². The van der Waals surface area contributed by atoms with Gasteiger partial charge in [0.25, 0.3) is 0 Å². The maximum absolute atomic E-state index is 12.4. The largest absolute Gasteiger partial charge is 0.459 e. The molecule has 0 atom stereocenters. The van der Waals surface area contributed by atoms with E-state index >= 15 is 0 Å². The number of hydrogen-bond acceptors (Lipinski definition) is 9. The van der Waals surface area contributed by atoms with Gasteiger partial charge in [0.15, 0.2) is 0 Å². The van der Waals surface area contributed by atoms with Crippen molar-refractivity contribution in [1.82, 2.24) is 14.7 Å². The first-order chi connectivity index (χ1) is 14.9. The predicted octanol–water partition coefficient (Wildman–Crippen LogP) is 1.93. The van der Waals surface area contributed by atoms with Gasteiger partial charge in [-0.1, -0.05) is 0 Å². The van der Waals surface area contributed by atoms with Crippen molar-refractivity contribution in [3.8, 4) is 0 Å². The van der Waals surface area contributed by atoms with E-state index in [1.807, 2.05) is 77.0 Å². The summed E-state index contributed by atoms with van der Waals surface area (Å²) < 4.78 is 16.4. The molecule has 0 aliphatic carbocycles. The minimum absolute atomic E-state index is 0.151. The summed E-state index contributed by atoms with van der Waals surface area (Å²) in [4.78, 5) is 43.2. The van der Waals surface area contributed by atoms with Gasteiger partial charge < -0.3 is 14.2 Å². The Labute approximate surface area is 199 Å². The Kier molecular flexibility index (Phi) is 10.8. The molecular weight excluding hydrogens is 426 g/mol. The van der Waals surface area contributed by atoms with Crippen LogP contribution in [0.15, 0.2) is 0 Å². The molecule has 33 heavy (non-hydrogen) atoms. The molecule has 1 aliphatic heterocycles. The Balaban J connectivity index is 2.87. The van der Waals surface area contributed by atoms with Crippen LogP contribution in [-0.2, 0) is 28.6 Å². The number of hydrogen-bond donors (Lipinski definition) is 0. The highest BCUT2D eigenvalue weighted by atomic mass is 16.6. The second-order valence-corrected chi connectivity index (χ2v) is 11.6. The van der Waals surface area contributed by atoms with Crippen molar-refractivity contribution in [2.45, 2.75) is 79.1 Å². The molecule has 1 rings (SSSR count). The fourth-order valence-corrected chi connectivity index (χ4v) is 3.33. The zero-order chi connectivity index (χ0) is 25.4. The standard InChI is InChI=1S/C24H45N3O6/c1-22(2,3)31-19(28)16-25-10-12-26(17-20(29)32-23(4,5)6)14-15-27(13-11-25)18-21(30)33-24(7,8)9/h10-18H2,1-9H3. The van der Waals surface area contributed by atoms with Gasteiger partial charge in [-0.15, -0.1) is 0 Å². The molecule has 192 valence electrons.